The molecule has 0 saturated carbocycles. The molecule has 2 heterocycles. The largest absolute Gasteiger partial charge is 0.305 e. The highest BCUT2D eigenvalue weighted by Crippen LogP contribution is 2.17. The number of nitrogens with one attached hydrogen (secondary N) is 2. The molecule has 3 rings (SSSR count). The van der Waals surface area contributed by atoms with E-state index in [0.29, 0.717) is 16.0 Å². The van der Waals surface area contributed by atoms with Crippen molar-refractivity contribution in [3.63, 3.8) is 0 Å². The van der Waals surface area contributed by atoms with Gasteiger partial charge in [-0.2, -0.15) is 0 Å². The van der Waals surface area contributed by atoms with E-state index in [-0.39, 0.29) is 18.0 Å². The van der Waals surface area contributed by atoms with Gasteiger partial charge in [-0.25, -0.2) is 9.97 Å². The predicted octanol–water partition coefficient (Wildman–Crippen LogP) is 3.63. The summed E-state index contributed by atoms with van der Waals surface area (Å²) in [4.78, 5) is 32.3. The fourth-order valence-electron chi connectivity index (χ4n) is 2.01. The second kappa shape index (κ2) is 7.87. The minimum absolute atomic E-state index is 0.188. The van der Waals surface area contributed by atoms with Gasteiger partial charge in [0.2, 0.25) is 5.91 Å². The minimum Gasteiger partial charge on any atom is -0.305 e. The Balaban J connectivity index is 1.59. The van der Waals surface area contributed by atoms with Crippen molar-refractivity contribution in [3.05, 3.63) is 70.3 Å². The number of nitrogens with zero attached hydrogens (tertiary/aromatic N) is 2. The Labute approximate surface area is 152 Å². The van der Waals surface area contributed by atoms with Crippen LogP contribution in [0, 0.1) is 0 Å². The number of rotatable bonds is 5. The maximum Gasteiger partial charge on any atom is 0.276 e. The number of carbonyl (C=O) groups excluding carboxylic acids is 2. The van der Waals surface area contributed by atoms with E-state index in [9.17, 15) is 9.59 Å². The molecule has 2 amide bonds. The Kier molecular flexibility index (Phi) is 5.37. The van der Waals surface area contributed by atoms with Crippen LogP contribution in [-0.4, -0.2) is 21.8 Å². The first-order valence-electron chi connectivity index (χ1n) is 7.32. The van der Waals surface area contributed by atoms with Crippen molar-refractivity contribution in [2.24, 2.45) is 0 Å². The van der Waals surface area contributed by atoms with Crippen molar-refractivity contribution < 1.29 is 9.59 Å². The molecule has 0 atom stereocenters. The lowest BCUT2D eigenvalue weighted by Gasteiger charge is -2.02. The van der Waals surface area contributed by atoms with Crippen LogP contribution in [0.3, 0.4) is 0 Å². The molecule has 1 aromatic carbocycles. The third kappa shape index (κ3) is 4.85. The van der Waals surface area contributed by atoms with Crippen molar-refractivity contribution in [3.8, 4) is 0 Å². The molecule has 2 aromatic heterocycles. The van der Waals surface area contributed by atoms with Crippen LogP contribution in [0.5, 0.6) is 0 Å². The van der Waals surface area contributed by atoms with Gasteiger partial charge in [0.1, 0.15) is 11.5 Å². The fraction of sp³-hybridized carbons (Fsp3) is 0.0588. The standard InChI is InChI=1S/C17H13ClN4O2S/c18-12-6-7-14(19-9-12)21-16(24)13-10-25-17(20-13)22-15(23)8-11-4-2-1-3-5-11/h1-7,9-10H,8H2,(H,19,21,24)(H,20,22,23). The van der Waals surface area contributed by atoms with Crippen LogP contribution in [0.25, 0.3) is 0 Å². The van der Waals surface area contributed by atoms with E-state index in [1.54, 1.807) is 17.5 Å². The third-order valence-electron chi connectivity index (χ3n) is 3.16. The van der Waals surface area contributed by atoms with Gasteiger partial charge >= 0.3 is 0 Å². The molecule has 0 fully saturated rings. The normalized spacial score (nSPS) is 10.3. The lowest BCUT2D eigenvalue weighted by Crippen LogP contribution is -2.16. The Hall–Kier alpha value is -2.77. The molecule has 3 aromatic rings. The summed E-state index contributed by atoms with van der Waals surface area (Å²) in [5, 5.41) is 7.73. The van der Waals surface area contributed by atoms with E-state index in [1.807, 2.05) is 30.3 Å². The molecule has 25 heavy (non-hydrogen) atoms. The zero-order chi connectivity index (χ0) is 17.6. The molecular weight excluding hydrogens is 360 g/mol. The number of amides is 2. The molecule has 0 aliphatic carbocycles. The molecule has 6 nitrogen and oxygen atoms in total. The number of carbonyl (C=O) groups is 2. The van der Waals surface area contributed by atoms with Crippen LogP contribution < -0.4 is 10.6 Å². The monoisotopic (exact) mass is 372 g/mol. The highest BCUT2D eigenvalue weighted by Gasteiger charge is 2.13. The Morgan fingerprint density at radius 3 is 2.60 bits per heavy atom. The van der Waals surface area contributed by atoms with Gasteiger partial charge in [0.15, 0.2) is 5.13 Å². The van der Waals surface area contributed by atoms with Gasteiger partial charge in [0, 0.05) is 11.6 Å². The Morgan fingerprint density at radius 2 is 1.88 bits per heavy atom. The number of pyridine rings is 1. The van der Waals surface area contributed by atoms with E-state index < -0.39 is 5.91 Å². The van der Waals surface area contributed by atoms with Crippen LogP contribution in [0.15, 0.2) is 54.0 Å². The van der Waals surface area contributed by atoms with Crippen molar-refractivity contribution in [1.29, 1.82) is 0 Å². The Bertz CT molecular complexity index is 881. The molecule has 0 saturated heterocycles. The highest BCUT2D eigenvalue weighted by molar-refractivity contribution is 7.14. The van der Waals surface area contributed by atoms with Crippen molar-refractivity contribution in [1.82, 2.24) is 9.97 Å². The second-order valence-corrected chi connectivity index (χ2v) is 6.36. The predicted molar refractivity (Wildman–Crippen MR) is 98.1 cm³/mol. The zero-order valence-corrected chi connectivity index (χ0v) is 14.5. The summed E-state index contributed by atoms with van der Waals surface area (Å²) < 4.78 is 0. The lowest BCUT2D eigenvalue weighted by atomic mass is 10.1. The summed E-state index contributed by atoms with van der Waals surface area (Å²) >= 11 is 6.93. The van der Waals surface area contributed by atoms with Crippen molar-refractivity contribution in [2.75, 3.05) is 10.6 Å². The SMILES string of the molecule is O=C(Cc1ccccc1)Nc1nc(C(=O)Nc2ccc(Cl)cn2)cs1. The summed E-state index contributed by atoms with van der Waals surface area (Å²) in [6, 6.07) is 12.6. The topological polar surface area (TPSA) is 84.0 Å². The van der Waals surface area contributed by atoms with Crippen LogP contribution >= 0.6 is 22.9 Å². The van der Waals surface area contributed by atoms with Gasteiger partial charge in [-0.05, 0) is 17.7 Å². The van der Waals surface area contributed by atoms with E-state index in [2.05, 4.69) is 20.6 Å². The van der Waals surface area contributed by atoms with Gasteiger partial charge in [-0.1, -0.05) is 41.9 Å². The molecule has 126 valence electrons. The summed E-state index contributed by atoms with van der Waals surface area (Å²) in [6.45, 7) is 0. The van der Waals surface area contributed by atoms with Gasteiger partial charge in [-0.15, -0.1) is 11.3 Å². The maximum absolute atomic E-state index is 12.1. The van der Waals surface area contributed by atoms with E-state index in [1.165, 1.54) is 17.5 Å². The molecule has 0 aliphatic rings. The van der Waals surface area contributed by atoms with Crippen LogP contribution in [0.4, 0.5) is 10.9 Å². The minimum atomic E-state index is -0.408. The average molecular weight is 373 g/mol. The number of aromatic nitrogens is 2. The summed E-state index contributed by atoms with van der Waals surface area (Å²) in [5.74, 6) is -0.224. The average Bonchev–Trinajstić information content (AvgIpc) is 3.06. The molecule has 0 aliphatic heterocycles. The van der Waals surface area contributed by atoms with Crippen LogP contribution in [0.2, 0.25) is 5.02 Å². The first kappa shape index (κ1) is 17.1. The molecular formula is C17H13ClN4O2S. The molecule has 0 unspecified atom stereocenters. The number of anilines is 2. The van der Waals surface area contributed by atoms with Crippen LogP contribution in [0.1, 0.15) is 16.1 Å². The van der Waals surface area contributed by atoms with E-state index >= 15 is 0 Å². The quantitative estimate of drug-likeness (QED) is 0.716. The number of thiazole rings is 1. The third-order valence-corrected chi connectivity index (χ3v) is 4.14. The van der Waals surface area contributed by atoms with Gasteiger partial charge in [0.05, 0.1) is 11.4 Å². The number of hydrogen-bond acceptors (Lipinski definition) is 5. The first-order chi connectivity index (χ1) is 12.1. The molecule has 0 radical (unpaired) electrons. The molecule has 0 bridgehead atoms. The molecule has 2 N–H and O–H groups in total. The van der Waals surface area contributed by atoms with Crippen LogP contribution in [-0.2, 0) is 11.2 Å². The summed E-state index contributed by atoms with van der Waals surface area (Å²) in [6.07, 6.45) is 1.68. The molecule has 0 spiro atoms. The lowest BCUT2D eigenvalue weighted by molar-refractivity contribution is -0.115. The number of halogens is 1. The Morgan fingerprint density at radius 1 is 1.08 bits per heavy atom. The van der Waals surface area contributed by atoms with Crippen molar-refractivity contribution >= 4 is 45.7 Å². The molecule has 8 heteroatoms. The first-order valence-corrected chi connectivity index (χ1v) is 8.58. The van der Waals surface area contributed by atoms with Gasteiger partial charge in [-0.3, -0.25) is 9.59 Å². The number of benzene rings is 1. The van der Waals surface area contributed by atoms with Crippen molar-refractivity contribution in [2.45, 2.75) is 6.42 Å². The summed E-state index contributed by atoms with van der Waals surface area (Å²) in [5.41, 5.74) is 1.11. The van der Waals surface area contributed by atoms with E-state index in [0.717, 1.165) is 5.56 Å². The second-order valence-electron chi connectivity index (χ2n) is 5.06. The fourth-order valence-corrected chi connectivity index (χ4v) is 2.83. The van der Waals surface area contributed by atoms with Gasteiger partial charge in [0.25, 0.3) is 5.91 Å². The van der Waals surface area contributed by atoms with E-state index in [4.69, 9.17) is 11.6 Å². The zero-order valence-electron chi connectivity index (χ0n) is 12.9. The summed E-state index contributed by atoms with van der Waals surface area (Å²) in [7, 11) is 0. The number of hydrogen-bond donors (Lipinski definition) is 2. The van der Waals surface area contributed by atoms with Gasteiger partial charge < -0.3 is 10.6 Å². The smallest absolute Gasteiger partial charge is 0.276 e. The maximum atomic E-state index is 12.1. The highest BCUT2D eigenvalue weighted by atomic mass is 35.5.